The van der Waals surface area contributed by atoms with Crippen molar-refractivity contribution in [3.63, 3.8) is 0 Å². The summed E-state index contributed by atoms with van der Waals surface area (Å²) >= 11 is 0. The Hall–Kier alpha value is -0.160. The van der Waals surface area contributed by atoms with Gasteiger partial charge in [-0.25, -0.2) is 0 Å². The Morgan fingerprint density at radius 1 is 1.27 bits per heavy atom. The topological polar surface area (TPSA) is 41.7 Å². The van der Waals surface area contributed by atoms with Gasteiger partial charge >= 0.3 is 0 Å². The van der Waals surface area contributed by atoms with Crippen LogP contribution >= 0.6 is 0 Å². The molecule has 90 valence electrons. The molecule has 0 bridgehead atoms. The first-order valence-corrected chi connectivity index (χ1v) is 5.93. The van der Waals surface area contributed by atoms with Crippen molar-refractivity contribution in [1.29, 1.82) is 0 Å². The highest BCUT2D eigenvalue weighted by molar-refractivity contribution is 4.76. The molecule has 0 saturated carbocycles. The molecular formula is C11H25N3O. The van der Waals surface area contributed by atoms with E-state index in [2.05, 4.69) is 16.7 Å². The molecule has 1 fully saturated rings. The molecule has 1 rings (SSSR count). The first-order valence-electron chi connectivity index (χ1n) is 5.93. The van der Waals surface area contributed by atoms with Gasteiger partial charge in [-0.2, -0.15) is 0 Å². The highest BCUT2D eigenvalue weighted by atomic mass is 16.5. The Bertz CT molecular complexity index is 158. The lowest BCUT2D eigenvalue weighted by Gasteiger charge is -2.37. The first-order chi connectivity index (χ1) is 7.27. The predicted molar refractivity (Wildman–Crippen MR) is 63.0 cm³/mol. The van der Waals surface area contributed by atoms with Crippen LogP contribution in [0.1, 0.15) is 13.3 Å². The molecule has 0 aromatic heterocycles. The standard InChI is InChI=1S/C11H25N3O/c1-11(3-10-15-2)14-8-6-13(5-4-12)7-9-14/h11H,3-10,12H2,1-2H3. The monoisotopic (exact) mass is 215 g/mol. The van der Waals surface area contributed by atoms with Crippen molar-refractivity contribution >= 4 is 0 Å². The Kier molecular flexibility index (Phi) is 6.17. The van der Waals surface area contributed by atoms with Crippen LogP contribution in [0.3, 0.4) is 0 Å². The maximum atomic E-state index is 5.55. The van der Waals surface area contributed by atoms with Gasteiger partial charge in [0.1, 0.15) is 0 Å². The fraction of sp³-hybridized carbons (Fsp3) is 1.00. The quantitative estimate of drug-likeness (QED) is 0.676. The minimum atomic E-state index is 0.643. The number of hydrogen-bond acceptors (Lipinski definition) is 4. The highest BCUT2D eigenvalue weighted by Gasteiger charge is 2.19. The molecule has 0 aromatic carbocycles. The number of nitrogens with two attached hydrogens (primary N) is 1. The van der Waals surface area contributed by atoms with Gasteiger partial charge in [0.25, 0.3) is 0 Å². The molecule has 0 amide bonds. The van der Waals surface area contributed by atoms with Gasteiger partial charge in [-0.15, -0.1) is 0 Å². The summed E-state index contributed by atoms with van der Waals surface area (Å²) in [6.45, 7) is 9.64. The molecule has 4 nitrogen and oxygen atoms in total. The fourth-order valence-electron chi connectivity index (χ4n) is 2.08. The maximum absolute atomic E-state index is 5.55. The van der Waals surface area contributed by atoms with Crippen LogP contribution in [0.4, 0.5) is 0 Å². The summed E-state index contributed by atoms with van der Waals surface area (Å²) in [5, 5.41) is 0. The van der Waals surface area contributed by atoms with E-state index in [4.69, 9.17) is 10.5 Å². The molecule has 1 saturated heterocycles. The summed E-state index contributed by atoms with van der Waals surface area (Å²) in [7, 11) is 1.77. The second-order valence-electron chi connectivity index (χ2n) is 4.30. The Morgan fingerprint density at radius 2 is 1.93 bits per heavy atom. The summed E-state index contributed by atoms with van der Waals surface area (Å²) in [5.41, 5.74) is 5.55. The van der Waals surface area contributed by atoms with E-state index in [-0.39, 0.29) is 0 Å². The van der Waals surface area contributed by atoms with Gasteiger partial charge in [0, 0.05) is 59.0 Å². The average Bonchev–Trinajstić information content (AvgIpc) is 2.27. The molecule has 0 spiro atoms. The van der Waals surface area contributed by atoms with Gasteiger partial charge in [0.15, 0.2) is 0 Å². The summed E-state index contributed by atoms with van der Waals surface area (Å²) in [6, 6.07) is 0.643. The summed E-state index contributed by atoms with van der Waals surface area (Å²) in [6.07, 6.45) is 1.13. The van der Waals surface area contributed by atoms with Crippen molar-refractivity contribution in [3.05, 3.63) is 0 Å². The zero-order chi connectivity index (χ0) is 11.1. The van der Waals surface area contributed by atoms with Gasteiger partial charge in [-0.05, 0) is 13.3 Å². The number of rotatable bonds is 6. The van der Waals surface area contributed by atoms with Crippen molar-refractivity contribution in [2.24, 2.45) is 5.73 Å². The van der Waals surface area contributed by atoms with E-state index in [1.165, 1.54) is 13.1 Å². The predicted octanol–water partition coefficient (Wildman–Crippen LogP) is -0.0123. The van der Waals surface area contributed by atoms with E-state index in [1.807, 2.05) is 0 Å². The average molecular weight is 215 g/mol. The molecule has 1 heterocycles. The van der Waals surface area contributed by atoms with Gasteiger partial charge < -0.3 is 10.5 Å². The minimum absolute atomic E-state index is 0.643. The third kappa shape index (κ3) is 4.47. The van der Waals surface area contributed by atoms with Crippen molar-refractivity contribution in [2.75, 3.05) is 53.0 Å². The smallest absolute Gasteiger partial charge is 0.0477 e. The number of hydrogen-bond donors (Lipinski definition) is 1. The molecule has 1 aliphatic heterocycles. The zero-order valence-electron chi connectivity index (χ0n) is 10.1. The van der Waals surface area contributed by atoms with Gasteiger partial charge in [0.2, 0.25) is 0 Å². The van der Waals surface area contributed by atoms with E-state index < -0.39 is 0 Å². The largest absolute Gasteiger partial charge is 0.385 e. The molecule has 0 aromatic rings. The van der Waals surface area contributed by atoms with E-state index >= 15 is 0 Å². The molecule has 0 radical (unpaired) electrons. The minimum Gasteiger partial charge on any atom is -0.385 e. The van der Waals surface area contributed by atoms with Gasteiger partial charge in [-0.1, -0.05) is 0 Å². The van der Waals surface area contributed by atoms with Crippen molar-refractivity contribution in [2.45, 2.75) is 19.4 Å². The van der Waals surface area contributed by atoms with E-state index in [9.17, 15) is 0 Å². The van der Waals surface area contributed by atoms with Gasteiger partial charge in [-0.3, -0.25) is 9.80 Å². The van der Waals surface area contributed by atoms with E-state index in [0.717, 1.165) is 39.2 Å². The maximum Gasteiger partial charge on any atom is 0.0477 e. The lowest BCUT2D eigenvalue weighted by atomic mass is 10.2. The van der Waals surface area contributed by atoms with Gasteiger partial charge in [0.05, 0.1) is 0 Å². The van der Waals surface area contributed by atoms with Crippen LogP contribution < -0.4 is 5.73 Å². The second-order valence-corrected chi connectivity index (χ2v) is 4.30. The number of methoxy groups -OCH3 is 1. The van der Waals surface area contributed by atoms with Crippen LogP contribution in [0, 0.1) is 0 Å². The number of nitrogens with zero attached hydrogens (tertiary/aromatic N) is 2. The van der Waals surface area contributed by atoms with E-state index in [1.54, 1.807) is 7.11 Å². The second kappa shape index (κ2) is 7.17. The van der Waals surface area contributed by atoms with Crippen LogP contribution in [0.15, 0.2) is 0 Å². The van der Waals surface area contributed by atoms with Crippen molar-refractivity contribution in [1.82, 2.24) is 9.80 Å². The molecular weight excluding hydrogens is 190 g/mol. The number of piperazine rings is 1. The lowest BCUT2D eigenvalue weighted by molar-refractivity contribution is 0.0842. The van der Waals surface area contributed by atoms with Crippen LogP contribution in [0.25, 0.3) is 0 Å². The number of ether oxygens (including phenoxy) is 1. The first kappa shape index (κ1) is 12.9. The highest BCUT2D eigenvalue weighted by Crippen LogP contribution is 2.08. The zero-order valence-corrected chi connectivity index (χ0v) is 10.1. The summed E-state index contributed by atoms with van der Waals surface area (Å²) in [5.74, 6) is 0. The van der Waals surface area contributed by atoms with Crippen LogP contribution in [-0.4, -0.2) is 68.8 Å². The Labute approximate surface area is 93.4 Å². The fourth-order valence-corrected chi connectivity index (χ4v) is 2.08. The third-order valence-corrected chi connectivity index (χ3v) is 3.22. The molecule has 1 aliphatic rings. The van der Waals surface area contributed by atoms with Crippen molar-refractivity contribution in [3.8, 4) is 0 Å². The molecule has 2 N–H and O–H groups in total. The van der Waals surface area contributed by atoms with Crippen LogP contribution in [-0.2, 0) is 4.74 Å². The summed E-state index contributed by atoms with van der Waals surface area (Å²) in [4.78, 5) is 4.99. The lowest BCUT2D eigenvalue weighted by Crippen LogP contribution is -2.50. The van der Waals surface area contributed by atoms with Crippen molar-refractivity contribution < 1.29 is 4.74 Å². The Balaban J connectivity index is 2.18. The SMILES string of the molecule is COCCC(C)N1CCN(CCN)CC1. The molecule has 4 heteroatoms. The summed E-state index contributed by atoms with van der Waals surface area (Å²) < 4.78 is 5.11. The molecule has 0 aliphatic carbocycles. The van der Waals surface area contributed by atoms with E-state index in [0.29, 0.717) is 6.04 Å². The third-order valence-electron chi connectivity index (χ3n) is 3.22. The normalized spacial score (nSPS) is 21.8. The Morgan fingerprint density at radius 3 is 2.47 bits per heavy atom. The van der Waals surface area contributed by atoms with Crippen LogP contribution in [0.5, 0.6) is 0 Å². The molecule has 1 unspecified atom stereocenters. The molecule has 15 heavy (non-hydrogen) atoms. The van der Waals surface area contributed by atoms with Crippen LogP contribution in [0.2, 0.25) is 0 Å². The molecule has 1 atom stereocenters.